The minimum Gasteiger partial charge on any atom is -0.435 e. The fourth-order valence-corrected chi connectivity index (χ4v) is 2.33. The van der Waals surface area contributed by atoms with Gasteiger partial charge in [0.2, 0.25) is 0 Å². The minimum atomic E-state index is -0.512. The van der Waals surface area contributed by atoms with E-state index in [-0.39, 0.29) is 6.10 Å². The second-order valence-corrected chi connectivity index (χ2v) is 5.64. The molecule has 1 saturated carbocycles. The van der Waals surface area contributed by atoms with E-state index in [0.29, 0.717) is 12.0 Å². The van der Waals surface area contributed by atoms with Gasteiger partial charge in [0.05, 0.1) is 6.61 Å². The highest BCUT2D eigenvalue weighted by atomic mass is 16.7. The molecule has 0 bridgehead atoms. The highest BCUT2D eigenvalue weighted by Gasteiger charge is 2.31. The molecule has 0 unspecified atom stereocenters. The summed E-state index contributed by atoms with van der Waals surface area (Å²) in [6.45, 7) is 9.02. The van der Waals surface area contributed by atoms with Crippen LogP contribution in [0.15, 0.2) is 0 Å². The number of ether oxygens (including phenoxy) is 2. The molecule has 0 aromatic carbocycles. The van der Waals surface area contributed by atoms with E-state index in [1.807, 2.05) is 0 Å². The number of carbonyl (C=O) groups excluding carboxylic acids is 1. The van der Waals surface area contributed by atoms with Crippen molar-refractivity contribution in [3.05, 3.63) is 0 Å². The van der Waals surface area contributed by atoms with Gasteiger partial charge in [-0.05, 0) is 43.9 Å². The minimum absolute atomic E-state index is 0.0673. The molecule has 0 heterocycles. The van der Waals surface area contributed by atoms with Gasteiger partial charge in [-0.3, -0.25) is 0 Å². The van der Waals surface area contributed by atoms with Crippen LogP contribution in [0.1, 0.15) is 53.4 Å². The second kappa shape index (κ2) is 5.55. The van der Waals surface area contributed by atoms with Gasteiger partial charge in [0.25, 0.3) is 0 Å². The molecule has 3 nitrogen and oxygen atoms in total. The van der Waals surface area contributed by atoms with Crippen molar-refractivity contribution in [2.75, 3.05) is 6.61 Å². The molecule has 1 aliphatic rings. The molecule has 16 heavy (non-hydrogen) atoms. The SMILES string of the molecule is CCOC(=O)OC1CCC(C(C)(C)C)CC1. The van der Waals surface area contributed by atoms with Crippen molar-refractivity contribution in [1.82, 2.24) is 0 Å². The van der Waals surface area contributed by atoms with Gasteiger partial charge in [-0.25, -0.2) is 4.79 Å². The van der Waals surface area contributed by atoms with Crippen molar-refractivity contribution >= 4 is 6.16 Å². The van der Waals surface area contributed by atoms with Gasteiger partial charge < -0.3 is 9.47 Å². The van der Waals surface area contributed by atoms with Gasteiger partial charge in [0, 0.05) is 0 Å². The number of hydrogen-bond donors (Lipinski definition) is 0. The van der Waals surface area contributed by atoms with Crippen LogP contribution < -0.4 is 0 Å². The molecule has 94 valence electrons. The zero-order valence-corrected chi connectivity index (χ0v) is 10.9. The van der Waals surface area contributed by atoms with Crippen LogP contribution in [-0.2, 0) is 9.47 Å². The third-order valence-corrected chi connectivity index (χ3v) is 3.42. The largest absolute Gasteiger partial charge is 0.508 e. The van der Waals surface area contributed by atoms with Crippen molar-refractivity contribution in [3.63, 3.8) is 0 Å². The number of rotatable bonds is 2. The summed E-state index contributed by atoms with van der Waals surface area (Å²) >= 11 is 0. The first-order chi connectivity index (χ1) is 7.43. The van der Waals surface area contributed by atoms with E-state index in [4.69, 9.17) is 9.47 Å². The first-order valence-electron chi connectivity index (χ1n) is 6.27. The molecule has 0 radical (unpaired) electrons. The maximum absolute atomic E-state index is 11.1. The van der Waals surface area contributed by atoms with E-state index < -0.39 is 6.16 Å². The lowest BCUT2D eigenvalue weighted by Crippen LogP contribution is -2.30. The molecule has 1 fully saturated rings. The summed E-state index contributed by atoms with van der Waals surface area (Å²) in [6, 6.07) is 0. The average Bonchev–Trinajstić information content (AvgIpc) is 2.17. The van der Waals surface area contributed by atoms with Crippen molar-refractivity contribution in [2.45, 2.75) is 59.5 Å². The Labute approximate surface area is 98.5 Å². The fourth-order valence-electron chi connectivity index (χ4n) is 2.33. The van der Waals surface area contributed by atoms with Gasteiger partial charge in [-0.1, -0.05) is 20.8 Å². The molecule has 0 aromatic rings. The van der Waals surface area contributed by atoms with Crippen molar-refractivity contribution in [1.29, 1.82) is 0 Å². The highest BCUT2D eigenvalue weighted by molar-refractivity contribution is 5.60. The van der Waals surface area contributed by atoms with Crippen LogP contribution in [0.2, 0.25) is 0 Å². The molecule has 0 aromatic heterocycles. The van der Waals surface area contributed by atoms with Crippen LogP contribution in [0.5, 0.6) is 0 Å². The topological polar surface area (TPSA) is 35.5 Å². The summed E-state index contributed by atoms with van der Waals surface area (Å²) in [5.41, 5.74) is 0.370. The maximum atomic E-state index is 11.1. The molecule has 0 aliphatic heterocycles. The van der Waals surface area contributed by atoms with Crippen LogP contribution in [0.25, 0.3) is 0 Å². The van der Waals surface area contributed by atoms with Crippen LogP contribution in [0.4, 0.5) is 4.79 Å². The summed E-state index contributed by atoms with van der Waals surface area (Å²) < 4.78 is 10.0. The van der Waals surface area contributed by atoms with Crippen molar-refractivity contribution < 1.29 is 14.3 Å². The molecule has 3 heteroatoms. The number of hydrogen-bond acceptors (Lipinski definition) is 3. The van der Waals surface area contributed by atoms with Crippen LogP contribution >= 0.6 is 0 Å². The standard InChI is InChI=1S/C13H24O3/c1-5-15-12(14)16-11-8-6-10(7-9-11)13(2,3)4/h10-11H,5-9H2,1-4H3. The molecule has 0 saturated heterocycles. The summed E-state index contributed by atoms with van der Waals surface area (Å²) in [4.78, 5) is 11.1. The van der Waals surface area contributed by atoms with Crippen molar-refractivity contribution in [3.8, 4) is 0 Å². The third-order valence-electron chi connectivity index (χ3n) is 3.42. The Morgan fingerprint density at radius 2 is 1.75 bits per heavy atom. The van der Waals surface area contributed by atoms with E-state index in [1.54, 1.807) is 6.92 Å². The Morgan fingerprint density at radius 1 is 1.19 bits per heavy atom. The fraction of sp³-hybridized carbons (Fsp3) is 0.923. The summed E-state index contributed by atoms with van der Waals surface area (Å²) in [5, 5.41) is 0. The van der Waals surface area contributed by atoms with Gasteiger partial charge in [0.15, 0.2) is 0 Å². The maximum Gasteiger partial charge on any atom is 0.508 e. The van der Waals surface area contributed by atoms with Crippen LogP contribution in [0.3, 0.4) is 0 Å². The normalized spacial score (nSPS) is 26.2. The van der Waals surface area contributed by atoms with E-state index in [0.717, 1.165) is 31.6 Å². The van der Waals surface area contributed by atoms with Gasteiger partial charge >= 0.3 is 6.16 Å². The van der Waals surface area contributed by atoms with E-state index in [2.05, 4.69) is 20.8 Å². The lowest BCUT2D eigenvalue weighted by molar-refractivity contribution is -0.000281. The predicted molar refractivity (Wildman–Crippen MR) is 63.3 cm³/mol. The van der Waals surface area contributed by atoms with Gasteiger partial charge in [-0.15, -0.1) is 0 Å². The molecular formula is C13H24O3. The first-order valence-corrected chi connectivity index (χ1v) is 6.27. The Kier molecular flexibility index (Phi) is 4.63. The number of carbonyl (C=O) groups is 1. The van der Waals surface area contributed by atoms with E-state index in [1.165, 1.54) is 0 Å². The highest BCUT2D eigenvalue weighted by Crippen LogP contribution is 2.38. The van der Waals surface area contributed by atoms with Crippen molar-refractivity contribution in [2.24, 2.45) is 11.3 Å². The molecule has 0 spiro atoms. The van der Waals surface area contributed by atoms with Gasteiger partial charge in [0.1, 0.15) is 6.10 Å². The van der Waals surface area contributed by atoms with E-state index in [9.17, 15) is 4.79 Å². The zero-order chi connectivity index (χ0) is 12.2. The monoisotopic (exact) mass is 228 g/mol. The average molecular weight is 228 g/mol. The predicted octanol–water partition coefficient (Wildman–Crippen LogP) is 3.76. The molecule has 1 rings (SSSR count). The molecule has 0 N–H and O–H groups in total. The summed E-state index contributed by atoms with van der Waals surface area (Å²) in [5.74, 6) is 0.745. The molecule has 0 atom stereocenters. The quantitative estimate of drug-likeness (QED) is 0.675. The lowest BCUT2D eigenvalue weighted by Gasteiger charge is -2.36. The Hall–Kier alpha value is -0.730. The van der Waals surface area contributed by atoms with E-state index >= 15 is 0 Å². The molecular weight excluding hydrogens is 204 g/mol. The molecule has 0 amide bonds. The summed E-state index contributed by atoms with van der Waals surface area (Å²) in [7, 11) is 0. The zero-order valence-electron chi connectivity index (χ0n) is 10.9. The summed E-state index contributed by atoms with van der Waals surface area (Å²) in [6.07, 6.45) is 3.79. The lowest BCUT2D eigenvalue weighted by atomic mass is 9.72. The smallest absolute Gasteiger partial charge is 0.435 e. The first kappa shape index (κ1) is 13.3. The van der Waals surface area contributed by atoms with Crippen LogP contribution in [0, 0.1) is 11.3 Å². The third kappa shape index (κ3) is 4.03. The molecule has 1 aliphatic carbocycles. The second-order valence-electron chi connectivity index (χ2n) is 5.64. The van der Waals surface area contributed by atoms with Gasteiger partial charge in [-0.2, -0.15) is 0 Å². The van der Waals surface area contributed by atoms with Crippen LogP contribution in [-0.4, -0.2) is 18.9 Å². The Morgan fingerprint density at radius 3 is 2.19 bits per heavy atom. The Bertz CT molecular complexity index is 222. The Balaban J connectivity index is 2.30.